The van der Waals surface area contributed by atoms with Crippen LogP contribution in [0.2, 0.25) is 5.02 Å². The predicted octanol–water partition coefficient (Wildman–Crippen LogP) is 4.47. The first-order valence-electron chi connectivity index (χ1n) is 5.88. The van der Waals surface area contributed by atoms with E-state index < -0.39 is 0 Å². The lowest BCUT2D eigenvalue weighted by Crippen LogP contribution is -2.24. The van der Waals surface area contributed by atoms with E-state index in [1.54, 1.807) is 12.1 Å². The summed E-state index contributed by atoms with van der Waals surface area (Å²) in [6.07, 6.45) is 5.12. The molecule has 1 N–H and O–H groups in total. The van der Waals surface area contributed by atoms with Crippen LogP contribution in [0.5, 0.6) is 0 Å². The third-order valence-electron chi connectivity index (χ3n) is 3.42. The Balaban J connectivity index is 2.02. The lowest BCUT2D eigenvalue weighted by atomic mass is 9.99. The molecular formula is C13H17ClFN. The summed E-state index contributed by atoms with van der Waals surface area (Å²) in [4.78, 5) is 0. The van der Waals surface area contributed by atoms with E-state index in [9.17, 15) is 4.39 Å². The van der Waals surface area contributed by atoms with Gasteiger partial charge in [0.1, 0.15) is 5.82 Å². The summed E-state index contributed by atoms with van der Waals surface area (Å²) in [7, 11) is 0. The number of halogens is 2. The smallest absolute Gasteiger partial charge is 0.147 e. The lowest BCUT2D eigenvalue weighted by Gasteiger charge is -2.21. The molecule has 1 aliphatic rings. The van der Waals surface area contributed by atoms with E-state index in [-0.39, 0.29) is 5.82 Å². The van der Waals surface area contributed by atoms with Gasteiger partial charge in [-0.1, -0.05) is 24.4 Å². The molecule has 1 saturated carbocycles. The van der Waals surface area contributed by atoms with Gasteiger partial charge in [-0.15, -0.1) is 0 Å². The normalized spacial score (nSPS) is 18.7. The fraction of sp³-hybridized carbons (Fsp3) is 0.538. The Morgan fingerprint density at radius 3 is 2.69 bits per heavy atom. The van der Waals surface area contributed by atoms with E-state index in [1.165, 1.54) is 31.7 Å². The van der Waals surface area contributed by atoms with Crippen molar-refractivity contribution in [2.45, 2.75) is 38.6 Å². The Labute approximate surface area is 101 Å². The zero-order valence-corrected chi connectivity index (χ0v) is 10.2. The number of hydrogen-bond donors (Lipinski definition) is 1. The Morgan fingerprint density at radius 2 is 2.06 bits per heavy atom. The Morgan fingerprint density at radius 1 is 1.38 bits per heavy atom. The fourth-order valence-electron chi connectivity index (χ4n) is 2.43. The minimum Gasteiger partial charge on any atom is -0.380 e. The second kappa shape index (κ2) is 5.05. The van der Waals surface area contributed by atoms with E-state index in [0.29, 0.717) is 22.7 Å². The van der Waals surface area contributed by atoms with Crippen LogP contribution in [0, 0.1) is 11.7 Å². The molecule has 0 bridgehead atoms. The highest BCUT2D eigenvalue weighted by atomic mass is 35.5. The van der Waals surface area contributed by atoms with Crippen molar-refractivity contribution in [2.24, 2.45) is 5.92 Å². The summed E-state index contributed by atoms with van der Waals surface area (Å²) in [5.41, 5.74) is 0.559. The van der Waals surface area contributed by atoms with E-state index in [4.69, 9.17) is 11.6 Å². The van der Waals surface area contributed by atoms with Crippen LogP contribution in [-0.4, -0.2) is 6.04 Å². The highest BCUT2D eigenvalue weighted by molar-refractivity contribution is 6.30. The molecule has 0 spiro atoms. The lowest BCUT2D eigenvalue weighted by molar-refractivity contribution is 0.479. The van der Waals surface area contributed by atoms with E-state index in [0.717, 1.165) is 0 Å². The maximum absolute atomic E-state index is 13.6. The number of anilines is 1. The maximum Gasteiger partial charge on any atom is 0.147 e. The predicted molar refractivity (Wildman–Crippen MR) is 66.5 cm³/mol. The van der Waals surface area contributed by atoms with Crippen LogP contribution in [0.4, 0.5) is 10.1 Å². The molecule has 0 aromatic heterocycles. The van der Waals surface area contributed by atoms with E-state index in [2.05, 4.69) is 12.2 Å². The molecule has 1 fully saturated rings. The minimum absolute atomic E-state index is 0.266. The summed E-state index contributed by atoms with van der Waals surface area (Å²) in [6.45, 7) is 2.13. The monoisotopic (exact) mass is 241 g/mol. The molecule has 0 radical (unpaired) electrons. The molecule has 1 aliphatic carbocycles. The van der Waals surface area contributed by atoms with Gasteiger partial charge < -0.3 is 5.32 Å². The molecule has 0 amide bonds. The van der Waals surface area contributed by atoms with Gasteiger partial charge in [0, 0.05) is 11.1 Å². The van der Waals surface area contributed by atoms with E-state index >= 15 is 0 Å². The second-order valence-electron chi connectivity index (χ2n) is 4.60. The molecule has 0 saturated heterocycles. The Hall–Kier alpha value is -0.760. The molecule has 0 aliphatic heterocycles. The molecule has 1 aromatic carbocycles. The summed E-state index contributed by atoms with van der Waals surface area (Å²) in [6, 6.07) is 5.11. The average Bonchev–Trinajstić information content (AvgIpc) is 2.75. The average molecular weight is 242 g/mol. The molecule has 1 aromatic rings. The van der Waals surface area contributed by atoms with Gasteiger partial charge in [-0.2, -0.15) is 0 Å². The molecule has 2 rings (SSSR count). The summed E-state index contributed by atoms with van der Waals surface area (Å²) in [5.74, 6) is 0.410. The van der Waals surface area contributed by atoms with Crippen LogP contribution in [0.3, 0.4) is 0 Å². The second-order valence-corrected chi connectivity index (χ2v) is 5.04. The van der Waals surface area contributed by atoms with Gasteiger partial charge in [-0.3, -0.25) is 0 Å². The van der Waals surface area contributed by atoms with Crippen molar-refractivity contribution in [2.75, 3.05) is 5.32 Å². The summed E-state index contributed by atoms with van der Waals surface area (Å²) < 4.78 is 13.6. The molecule has 0 heterocycles. The first-order valence-corrected chi connectivity index (χ1v) is 6.26. The molecule has 1 unspecified atom stereocenters. The van der Waals surface area contributed by atoms with Gasteiger partial charge in [-0.05, 0) is 43.9 Å². The van der Waals surface area contributed by atoms with Crippen molar-refractivity contribution < 1.29 is 4.39 Å². The number of benzene rings is 1. The van der Waals surface area contributed by atoms with Gasteiger partial charge in [0.25, 0.3) is 0 Å². The molecule has 1 nitrogen and oxygen atoms in total. The SMILES string of the molecule is CC(Nc1ccc(Cl)cc1F)C1CCCC1. The van der Waals surface area contributed by atoms with Crippen LogP contribution in [-0.2, 0) is 0 Å². The quantitative estimate of drug-likeness (QED) is 0.823. The third kappa shape index (κ3) is 2.67. The van der Waals surface area contributed by atoms with Crippen molar-refractivity contribution in [3.05, 3.63) is 29.0 Å². The number of hydrogen-bond acceptors (Lipinski definition) is 1. The van der Waals surface area contributed by atoms with Gasteiger partial charge >= 0.3 is 0 Å². The fourth-order valence-corrected chi connectivity index (χ4v) is 2.59. The highest BCUT2D eigenvalue weighted by Crippen LogP contribution is 2.30. The van der Waals surface area contributed by atoms with Gasteiger partial charge in [0.05, 0.1) is 5.69 Å². The van der Waals surface area contributed by atoms with Crippen LogP contribution < -0.4 is 5.32 Å². The summed E-state index contributed by atoms with van der Waals surface area (Å²) >= 11 is 5.71. The topological polar surface area (TPSA) is 12.0 Å². The molecule has 16 heavy (non-hydrogen) atoms. The molecular weight excluding hydrogens is 225 g/mol. The first kappa shape index (κ1) is 11.7. The van der Waals surface area contributed by atoms with E-state index in [1.807, 2.05) is 0 Å². The highest BCUT2D eigenvalue weighted by Gasteiger charge is 2.21. The van der Waals surface area contributed by atoms with Crippen molar-refractivity contribution in [3.8, 4) is 0 Å². The zero-order valence-electron chi connectivity index (χ0n) is 9.47. The van der Waals surface area contributed by atoms with Crippen molar-refractivity contribution in [1.82, 2.24) is 0 Å². The number of nitrogens with one attached hydrogen (secondary N) is 1. The molecule has 88 valence electrons. The largest absolute Gasteiger partial charge is 0.380 e. The summed E-state index contributed by atoms with van der Waals surface area (Å²) in [5, 5.41) is 3.69. The van der Waals surface area contributed by atoms with Crippen molar-refractivity contribution in [3.63, 3.8) is 0 Å². The third-order valence-corrected chi connectivity index (χ3v) is 3.66. The van der Waals surface area contributed by atoms with Gasteiger partial charge in [-0.25, -0.2) is 4.39 Å². The Kier molecular flexibility index (Phi) is 3.70. The van der Waals surface area contributed by atoms with Crippen LogP contribution in [0.1, 0.15) is 32.6 Å². The van der Waals surface area contributed by atoms with Crippen LogP contribution >= 0.6 is 11.6 Å². The zero-order chi connectivity index (χ0) is 11.5. The maximum atomic E-state index is 13.6. The standard InChI is InChI=1S/C13H17ClFN/c1-9(10-4-2-3-5-10)16-13-7-6-11(14)8-12(13)15/h6-10,16H,2-5H2,1H3. The van der Waals surface area contributed by atoms with Gasteiger partial charge in [0.15, 0.2) is 0 Å². The Bertz CT molecular complexity index is 361. The minimum atomic E-state index is -0.266. The van der Waals surface area contributed by atoms with Crippen molar-refractivity contribution in [1.29, 1.82) is 0 Å². The van der Waals surface area contributed by atoms with Crippen molar-refractivity contribution >= 4 is 17.3 Å². The molecule has 1 atom stereocenters. The number of rotatable bonds is 3. The molecule has 3 heteroatoms. The first-order chi connectivity index (χ1) is 7.66. The van der Waals surface area contributed by atoms with Crippen LogP contribution in [0.15, 0.2) is 18.2 Å². The van der Waals surface area contributed by atoms with Crippen LogP contribution in [0.25, 0.3) is 0 Å². The van der Waals surface area contributed by atoms with Gasteiger partial charge in [0.2, 0.25) is 0 Å².